The largest absolute Gasteiger partial charge is 0.394 e. The summed E-state index contributed by atoms with van der Waals surface area (Å²) in [5, 5.41) is 51.0. The van der Waals surface area contributed by atoms with Gasteiger partial charge in [0.15, 0.2) is 6.29 Å². The van der Waals surface area contributed by atoms with Crippen LogP contribution >= 0.6 is 0 Å². The van der Waals surface area contributed by atoms with Crippen LogP contribution in [0.15, 0.2) is 0 Å². The lowest BCUT2D eigenvalue weighted by atomic mass is 9.97. The lowest BCUT2D eigenvalue weighted by Crippen LogP contribution is -2.62. The Kier molecular flexibility index (Phi) is 6.89. The molecule has 0 aromatic carbocycles. The van der Waals surface area contributed by atoms with Crippen molar-refractivity contribution < 1.29 is 44.5 Å². The highest BCUT2D eigenvalue weighted by molar-refractivity contribution is 5.73. The Labute approximate surface area is 138 Å². The zero-order valence-corrected chi connectivity index (χ0v) is 13.3. The van der Waals surface area contributed by atoms with Crippen molar-refractivity contribution in [2.24, 2.45) is 0 Å². The van der Waals surface area contributed by atoms with E-state index >= 15 is 0 Å². The van der Waals surface area contributed by atoms with Gasteiger partial charge < -0.3 is 45.1 Å². The molecule has 0 saturated carbocycles. The molecule has 140 valence electrons. The summed E-state index contributed by atoms with van der Waals surface area (Å²) in [5.41, 5.74) is 0. The highest BCUT2D eigenvalue weighted by atomic mass is 16.7. The molecule has 0 spiro atoms. The molecule has 1 unspecified atom stereocenters. The quantitative estimate of drug-likeness (QED) is 0.295. The first-order valence-electron chi connectivity index (χ1n) is 7.82. The molecule has 0 aromatic rings. The van der Waals surface area contributed by atoms with Gasteiger partial charge in [0.25, 0.3) is 0 Å². The van der Waals surface area contributed by atoms with Gasteiger partial charge in [-0.1, -0.05) is 0 Å². The van der Waals surface area contributed by atoms with Crippen LogP contribution in [0.4, 0.5) is 0 Å². The smallest absolute Gasteiger partial charge is 0.217 e. The average Bonchev–Trinajstić information content (AvgIpc) is 2.54. The number of hydrogen-bond donors (Lipinski definition) is 6. The van der Waals surface area contributed by atoms with E-state index in [2.05, 4.69) is 5.32 Å². The molecule has 1 amide bonds. The maximum absolute atomic E-state index is 11.2. The molecule has 2 saturated heterocycles. The molecular weight excluding hydrogens is 326 g/mol. The molecule has 2 aliphatic heterocycles. The van der Waals surface area contributed by atoms with E-state index < -0.39 is 62.2 Å². The van der Waals surface area contributed by atoms with E-state index in [1.165, 1.54) is 6.92 Å². The number of rotatable bonds is 5. The molecule has 0 aliphatic carbocycles. The van der Waals surface area contributed by atoms with Crippen molar-refractivity contribution in [1.82, 2.24) is 5.32 Å². The Morgan fingerprint density at radius 1 is 1.17 bits per heavy atom. The topological polar surface area (TPSA) is 158 Å². The van der Waals surface area contributed by atoms with Crippen LogP contribution in [-0.4, -0.2) is 100 Å². The molecule has 8 atom stereocenters. The van der Waals surface area contributed by atoms with Gasteiger partial charge in [0, 0.05) is 13.3 Å². The highest BCUT2D eigenvalue weighted by Gasteiger charge is 2.44. The van der Waals surface area contributed by atoms with Crippen molar-refractivity contribution in [1.29, 1.82) is 0 Å². The van der Waals surface area contributed by atoms with Crippen LogP contribution in [0, 0.1) is 0 Å². The fraction of sp³-hybridized carbons (Fsp3) is 0.929. The molecule has 0 bridgehead atoms. The number of nitrogens with one attached hydrogen (secondary N) is 1. The molecule has 2 fully saturated rings. The maximum Gasteiger partial charge on any atom is 0.217 e. The summed E-state index contributed by atoms with van der Waals surface area (Å²) < 4.78 is 16.4. The first-order valence-corrected chi connectivity index (χ1v) is 7.82. The summed E-state index contributed by atoms with van der Waals surface area (Å²) in [7, 11) is 0. The minimum absolute atomic E-state index is 0.0119. The molecule has 2 rings (SSSR count). The predicted molar refractivity (Wildman–Crippen MR) is 77.7 cm³/mol. The van der Waals surface area contributed by atoms with Crippen LogP contribution < -0.4 is 5.32 Å². The van der Waals surface area contributed by atoms with Gasteiger partial charge >= 0.3 is 0 Å². The number of aliphatic hydroxyl groups is 5. The monoisotopic (exact) mass is 351 g/mol. The Bertz CT molecular complexity index is 423. The lowest BCUT2D eigenvalue weighted by molar-refractivity contribution is -0.299. The summed E-state index contributed by atoms with van der Waals surface area (Å²) in [5.74, 6) is -0.350. The second-order valence-corrected chi connectivity index (χ2v) is 6.03. The Morgan fingerprint density at radius 3 is 2.42 bits per heavy atom. The van der Waals surface area contributed by atoms with Crippen molar-refractivity contribution in [3.63, 3.8) is 0 Å². The summed E-state index contributed by atoms with van der Waals surface area (Å²) >= 11 is 0. The lowest BCUT2D eigenvalue weighted by Gasteiger charge is -2.43. The van der Waals surface area contributed by atoms with Gasteiger partial charge in [-0.25, -0.2) is 0 Å². The van der Waals surface area contributed by atoms with Crippen LogP contribution in [-0.2, 0) is 19.0 Å². The molecule has 10 heteroatoms. The SMILES string of the molecule is CC(=O)N[C@H]1CO[C@H](CO)C(O[C@H]2C[C@@H](O)[C@H](O)[C@@H](CO)O2)[C@@H]1O. The predicted octanol–water partition coefficient (Wildman–Crippen LogP) is -3.54. The number of amides is 1. The van der Waals surface area contributed by atoms with E-state index in [1.54, 1.807) is 0 Å². The van der Waals surface area contributed by atoms with Crippen molar-refractivity contribution in [2.45, 2.75) is 62.3 Å². The molecule has 2 aliphatic rings. The number of carbonyl (C=O) groups is 1. The van der Waals surface area contributed by atoms with Crippen LogP contribution in [0.3, 0.4) is 0 Å². The van der Waals surface area contributed by atoms with Crippen molar-refractivity contribution >= 4 is 5.91 Å². The Hall–Kier alpha value is -0.850. The molecule has 0 radical (unpaired) electrons. The minimum atomic E-state index is -1.25. The van der Waals surface area contributed by atoms with E-state index in [1.807, 2.05) is 0 Å². The highest BCUT2D eigenvalue weighted by Crippen LogP contribution is 2.26. The number of aliphatic hydroxyl groups excluding tert-OH is 5. The number of carbonyl (C=O) groups excluding carboxylic acids is 1. The average molecular weight is 351 g/mol. The fourth-order valence-electron chi connectivity index (χ4n) is 2.91. The standard InChI is InChI=1S/C14H25NO9/c1-6(18)15-7-5-22-10(4-17)14(12(7)20)24-11-2-8(19)13(21)9(3-16)23-11/h7-14,16-17,19-21H,2-5H2,1H3,(H,15,18)/t7-,8+,9+,10+,11-,12+,13-,14?/m0/s1. The summed E-state index contributed by atoms with van der Waals surface area (Å²) in [6.07, 6.45) is -7.57. The second-order valence-electron chi connectivity index (χ2n) is 6.03. The Morgan fingerprint density at radius 2 is 1.83 bits per heavy atom. The van der Waals surface area contributed by atoms with Crippen molar-refractivity contribution in [3.05, 3.63) is 0 Å². The Balaban J connectivity index is 2.04. The summed E-state index contributed by atoms with van der Waals surface area (Å²) in [6, 6.07) is -0.719. The van der Waals surface area contributed by atoms with E-state index in [-0.39, 0.29) is 18.9 Å². The van der Waals surface area contributed by atoms with Gasteiger partial charge in [0.1, 0.15) is 30.5 Å². The van der Waals surface area contributed by atoms with Gasteiger partial charge in [-0.3, -0.25) is 4.79 Å². The third-order valence-electron chi connectivity index (χ3n) is 4.20. The second kappa shape index (κ2) is 8.50. The van der Waals surface area contributed by atoms with E-state index in [0.717, 1.165) is 0 Å². The van der Waals surface area contributed by atoms with Crippen LogP contribution in [0.2, 0.25) is 0 Å². The van der Waals surface area contributed by atoms with Crippen LogP contribution in [0.25, 0.3) is 0 Å². The van der Waals surface area contributed by atoms with Crippen LogP contribution in [0.5, 0.6) is 0 Å². The normalized spacial score (nSPS) is 43.4. The van der Waals surface area contributed by atoms with Gasteiger partial charge in [0.2, 0.25) is 5.91 Å². The van der Waals surface area contributed by atoms with E-state index in [0.29, 0.717) is 0 Å². The molecule has 24 heavy (non-hydrogen) atoms. The first kappa shape index (κ1) is 19.5. The van der Waals surface area contributed by atoms with E-state index in [9.17, 15) is 30.3 Å². The van der Waals surface area contributed by atoms with Gasteiger partial charge in [-0.05, 0) is 0 Å². The molecular formula is C14H25NO9. The van der Waals surface area contributed by atoms with Gasteiger partial charge in [-0.2, -0.15) is 0 Å². The number of ether oxygens (including phenoxy) is 3. The summed E-state index contributed by atoms with van der Waals surface area (Å²) in [6.45, 7) is 0.377. The molecule has 10 nitrogen and oxygen atoms in total. The molecule has 0 aromatic heterocycles. The zero-order chi connectivity index (χ0) is 17.9. The third kappa shape index (κ3) is 4.41. The van der Waals surface area contributed by atoms with Gasteiger partial charge in [-0.15, -0.1) is 0 Å². The fourth-order valence-corrected chi connectivity index (χ4v) is 2.91. The van der Waals surface area contributed by atoms with Gasteiger partial charge in [0.05, 0.1) is 32.0 Å². The summed E-state index contributed by atoms with van der Waals surface area (Å²) in [4.78, 5) is 11.2. The van der Waals surface area contributed by atoms with E-state index in [4.69, 9.17) is 14.2 Å². The third-order valence-corrected chi connectivity index (χ3v) is 4.20. The van der Waals surface area contributed by atoms with Crippen LogP contribution in [0.1, 0.15) is 13.3 Å². The zero-order valence-electron chi connectivity index (χ0n) is 13.3. The first-order chi connectivity index (χ1) is 11.4. The molecule has 2 heterocycles. The maximum atomic E-state index is 11.2. The van der Waals surface area contributed by atoms with Crippen molar-refractivity contribution in [2.75, 3.05) is 19.8 Å². The minimum Gasteiger partial charge on any atom is -0.394 e. The number of hydrogen-bond acceptors (Lipinski definition) is 9. The van der Waals surface area contributed by atoms with Crippen molar-refractivity contribution in [3.8, 4) is 0 Å². The molecule has 6 N–H and O–H groups in total.